The highest BCUT2D eigenvalue weighted by Crippen LogP contribution is 2.33. The molecule has 0 atom stereocenters. The van der Waals surface area contributed by atoms with Crippen LogP contribution in [0, 0.1) is 0 Å². The van der Waals surface area contributed by atoms with E-state index in [0.29, 0.717) is 20.6 Å². The highest BCUT2D eigenvalue weighted by atomic mass is 35.5. The number of hydrogen-bond acceptors (Lipinski definition) is 4. The molecule has 1 amide bonds. The van der Waals surface area contributed by atoms with E-state index in [9.17, 15) is 9.59 Å². The topological polar surface area (TPSA) is 55.4 Å². The zero-order valence-corrected chi connectivity index (χ0v) is 16.5. The molecule has 1 aromatic carbocycles. The fraction of sp³-hybridized carbons (Fsp3) is 0.333. The van der Waals surface area contributed by atoms with E-state index in [1.165, 1.54) is 11.3 Å². The van der Waals surface area contributed by atoms with E-state index in [1.807, 2.05) is 13.8 Å². The van der Waals surface area contributed by atoms with E-state index >= 15 is 0 Å². The molecule has 2 aromatic rings. The van der Waals surface area contributed by atoms with Crippen LogP contribution in [-0.4, -0.2) is 18.5 Å². The first-order valence-corrected chi connectivity index (χ1v) is 9.43. The Labute approximate surface area is 161 Å². The number of anilines is 1. The molecule has 0 spiro atoms. The maximum Gasteiger partial charge on any atom is 0.341 e. The molecule has 4 nitrogen and oxygen atoms in total. The van der Waals surface area contributed by atoms with Gasteiger partial charge in [-0.05, 0) is 36.6 Å². The van der Waals surface area contributed by atoms with Crippen molar-refractivity contribution in [3.8, 4) is 0 Å². The number of amides is 1. The van der Waals surface area contributed by atoms with Gasteiger partial charge in [-0.3, -0.25) is 4.79 Å². The van der Waals surface area contributed by atoms with E-state index < -0.39 is 5.97 Å². The van der Waals surface area contributed by atoms with Crippen molar-refractivity contribution >= 4 is 51.4 Å². The highest BCUT2D eigenvalue weighted by Gasteiger charge is 2.20. The quantitative estimate of drug-likeness (QED) is 0.648. The minimum absolute atomic E-state index is 0.133. The Kier molecular flexibility index (Phi) is 6.87. The third-order valence-corrected chi connectivity index (χ3v) is 5.51. The minimum atomic E-state index is -0.435. The molecule has 0 aliphatic rings. The predicted molar refractivity (Wildman–Crippen MR) is 103 cm³/mol. The molecule has 0 fully saturated rings. The normalized spacial score (nSPS) is 10.8. The van der Waals surface area contributed by atoms with Gasteiger partial charge in [0.25, 0.3) is 0 Å². The summed E-state index contributed by atoms with van der Waals surface area (Å²) in [6.07, 6.45) is 0.133. The van der Waals surface area contributed by atoms with Crippen LogP contribution in [0.25, 0.3) is 0 Å². The maximum atomic E-state index is 12.4. The second-order valence-corrected chi connectivity index (χ2v) is 7.64. The van der Waals surface area contributed by atoms with Crippen LogP contribution in [0.15, 0.2) is 24.3 Å². The molecule has 7 heteroatoms. The van der Waals surface area contributed by atoms with E-state index in [0.717, 1.165) is 10.4 Å². The van der Waals surface area contributed by atoms with E-state index in [4.69, 9.17) is 27.9 Å². The Morgan fingerprint density at radius 1 is 1.20 bits per heavy atom. The number of nitrogens with one attached hydrogen (secondary N) is 1. The molecule has 0 bridgehead atoms. The van der Waals surface area contributed by atoms with Crippen LogP contribution < -0.4 is 5.32 Å². The van der Waals surface area contributed by atoms with Crippen LogP contribution in [0.3, 0.4) is 0 Å². The molecule has 1 heterocycles. The number of ether oxygens (including phenoxy) is 1. The molecular formula is C18H19Cl2NO3S. The molecular weight excluding hydrogens is 381 g/mol. The molecule has 0 unspecified atom stereocenters. The van der Waals surface area contributed by atoms with Gasteiger partial charge < -0.3 is 10.1 Å². The summed E-state index contributed by atoms with van der Waals surface area (Å²) in [5, 5.41) is 4.16. The fourth-order valence-electron chi connectivity index (χ4n) is 2.15. The van der Waals surface area contributed by atoms with Crippen LogP contribution in [0.4, 0.5) is 5.00 Å². The molecule has 0 aliphatic heterocycles. The number of hydrogen-bond donors (Lipinski definition) is 1. The molecule has 134 valence electrons. The zero-order chi connectivity index (χ0) is 18.6. The molecule has 0 saturated carbocycles. The zero-order valence-electron chi connectivity index (χ0n) is 14.2. The van der Waals surface area contributed by atoms with E-state index in [1.54, 1.807) is 31.2 Å². The van der Waals surface area contributed by atoms with Crippen molar-refractivity contribution in [2.24, 2.45) is 0 Å². The van der Waals surface area contributed by atoms with Gasteiger partial charge >= 0.3 is 5.97 Å². The van der Waals surface area contributed by atoms with Crippen molar-refractivity contribution in [1.82, 2.24) is 0 Å². The SMILES string of the molecule is CCOC(=O)c1cc(C(C)C)sc1NC(=O)Cc1ccc(Cl)c(Cl)c1. The lowest BCUT2D eigenvalue weighted by molar-refractivity contribution is -0.115. The number of carbonyl (C=O) groups is 2. The van der Waals surface area contributed by atoms with Crippen molar-refractivity contribution in [2.75, 3.05) is 11.9 Å². The van der Waals surface area contributed by atoms with Gasteiger partial charge in [0.05, 0.1) is 28.6 Å². The van der Waals surface area contributed by atoms with Gasteiger partial charge in [0.2, 0.25) is 5.91 Å². The standard InChI is InChI=1S/C18H19Cl2NO3S/c1-4-24-18(23)12-9-15(10(2)3)25-17(12)21-16(22)8-11-5-6-13(19)14(20)7-11/h5-7,9-10H,4,8H2,1-3H3,(H,21,22). The summed E-state index contributed by atoms with van der Waals surface area (Å²) in [7, 11) is 0. The highest BCUT2D eigenvalue weighted by molar-refractivity contribution is 7.16. The van der Waals surface area contributed by atoms with Gasteiger partial charge in [-0.25, -0.2) is 4.79 Å². The number of rotatable bonds is 6. The third-order valence-electron chi connectivity index (χ3n) is 3.42. The van der Waals surface area contributed by atoms with Crippen LogP contribution in [0.2, 0.25) is 10.0 Å². The Bertz CT molecular complexity index is 787. The van der Waals surface area contributed by atoms with E-state index in [2.05, 4.69) is 5.32 Å². The summed E-state index contributed by atoms with van der Waals surface area (Å²) in [5.74, 6) is -0.421. The summed E-state index contributed by atoms with van der Waals surface area (Å²) in [4.78, 5) is 25.5. The summed E-state index contributed by atoms with van der Waals surface area (Å²) < 4.78 is 5.07. The third kappa shape index (κ3) is 5.21. The Balaban J connectivity index is 2.18. The Morgan fingerprint density at radius 3 is 2.52 bits per heavy atom. The molecule has 0 radical (unpaired) electrons. The van der Waals surface area contributed by atoms with Crippen molar-refractivity contribution in [3.05, 3.63) is 50.3 Å². The first-order chi connectivity index (χ1) is 11.8. The monoisotopic (exact) mass is 399 g/mol. The lowest BCUT2D eigenvalue weighted by atomic mass is 10.1. The second-order valence-electron chi connectivity index (χ2n) is 5.74. The smallest absolute Gasteiger partial charge is 0.341 e. The second kappa shape index (κ2) is 8.70. The van der Waals surface area contributed by atoms with Crippen molar-refractivity contribution < 1.29 is 14.3 Å². The molecule has 25 heavy (non-hydrogen) atoms. The molecule has 2 rings (SSSR count). The van der Waals surface area contributed by atoms with Gasteiger partial charge in [0.15, 0.2) is 0 Å². The average molecular weight is 400 g/mol. The summed E-state index contributed by atoms with van der Waals surface area (Å²) >= 11 is 13.2. The number of benzene rings is 1. The fourth-order valence-corrected chi connectivity index (χ4v) is 3.54. The summed E-state index contributed by atoms with van der Waals surface area (Å²) in [6.45, 7) is 6.09. The van der Waals surface area contributed by atoms with Gasteiger partial charge in [-0.1, -0.05) is 43.1 Å². The summed E-state index contributed by atoms with van der Waals surface area (Å²) in [6, 6.07) is 6.83. The molecule has 0 aliphatic carbocycles. The molecule has 1 aromatic heterocycles. The number of thiophene rings is 1. The Hall–Kier alpha value is -1.56. The average Bonchev–Trinajstić information content (AvgIpc) is 2.95. The van der Waals surface area contributed by atoms with Gasteiger partial charge in [-0.15, -0.1) is 11.3 Å². The van der Waals surface area contributed by atoms with Crippen molar-refractivity contribution in [3.63, 3.8) is 0 Å². The van der Waals surface area contributed by atoms with Crippen molar-refractivity contribution in [2.45, 2.75) is 33.1 Å². The largest absolute Gasteiger partial charge is 0.462 e. The van der Waals surface area contributed by atoms with Crippen LogP contribution in [0.1, 0.15) is 47.5 Å². The van der Waals surface area contributed by atoms with E-state index in [-0.39, 0.29) is 24.9 Å². The number of esters is 1. The lowest BCUT2D eigenvalue weighted by Crippen LogP contribution is -2.16. The molecule has 0 saturated heterocycles. The number of halogens is 2. The van der Waals surface area contributed by atoms with Crippen LogP contribution in [0.5, 0.6) is 0 Å². The van der Waals surface area contributed by atoms with Crippen LogP contribution >= 0.6 is 34.5 Å². The van der Waals surface area contributed by atoms with Gasteiger partial charge in [-0.2, -0.15) is 0 Å². The first-order valence-electron chi connectivity index (χ1n) is 7.86. The lowest BCUT2D eigenvalue weighted by Gasteiger charge is -2.07. The summed E-state index contributed by atoms with van der Waals surface area (Å²) in [5.41, 5.74) is 1.13. The number of carbonyl (C=O) groups excluding carboxylic acids is 2. The predicted octanol–water partition coefficient (Wildman–Crippen LogP) is 5.54. The molecule has 1 N–H and O–H groups in total. The van der Waals surface area contributed by atoms with Gasteiger partial charge in [0.1, 0.15) is 5.00 Å². The van der Waals surface area contributed by atoms with Crippen molar-refractivity contribution in [1.29, 1.82) is 0 Å². The van der Waals surface area contributed by atoms with Crippen LogP contribution in [-0.2, 0) is 16.0 Å². The Morgan fingerprint density at radius 2 is 1.92 bits per heavy atom. The maximum absolute atomic E-state index is 12.4. The van der Waals surface area contributed by atoms with Gasteiger partial charge in [0, 0.05) is 4.88 Å². The first kappa shape index (κ1) is 19.8. The minimum Gasteiger partial charge on any atom is -0.462 e.